The first-order chi connectivity index (χ1) is 24.6. The van der Waals surface area contributed by atoms with Gasteiger partial charge in [-0.05, 0) is 60.6 Å². The minimum atomic E-state index is -0.755. The molecule has 0 bridgehead atoms. The molecule has 2 saturated heterocycles. The van der Waals surface area contributed by atoms with Gasteiger partial charge in [-0.25, -0.2) is 9.59 Å². The summed E-state index contributed by atoms with van der Waals surface area (Å²) in [5.41, 5.74) is 4.92. The molecule has 0 saturated carbocycles. The Morgan fingerprint density at radius 1 is 1.04 bits per heavy atom. The maximum Gasteiger partial charge on any atom is 0.407 e. The van der Waals surface area contributed by atoms with E-state index in [1.807, 2.05) is 48.5 Å². The maximum atomic E-state index is 12.9. The molecule has 2 heterocycles. The van der Waals surface area contributed by atoms with E-state index in [0.717, 1.165) is 28.0 Å². The highest BCUT2D eigenvalue weighted by atomic mass is 32.2. The number of nitro benzene ring substituents is 1. The summed E-state index contributed by atoms with van der Waals surface area (Å²) in [5.74, 6) is 0.573. The third kappa shape index (κ3) is 8.28. The molecular formula is C37H41N5O8S. The molecule has 6 rings (SSSR count). The summed E-state index contributed by atoms with van der Waals surface area (Å²) < 4.78 is 11.3. The highest BCUT2D eigenvalue weighted by Crippen LogP contribution is 2.44. The van der Waals surface area contributed by atoms with Gasteiger partial charge in [-0.15, -0.1) is 0 Å². The van der Waals surface area contributed by atoms with Crippen molar-refractivity contribution >= 4 is 41.3 Å². The number of carbonyl (C=O) groups is 4. The van der Waals surface area contributed by atoms with Crippen molar-refractivity contribution in [1.82, 2.24) is 21.3 Å². The van der Waals surface area contributed by atoms with Crippen molar-refractivity contribution in [2.24, 2.45) is 0 Å². The molecule has 4 atom stereocenters. The molecular weight excluding hydrogens is 675 g/mol. The molecule has 0 radical (unpaired) electrons. The highest BCUT2D eigenvalue weighted by molar-refractivity contribution is 8.00. The molecule has 2 aliphatic heterocycles. The van der Waals surface area contributed by atoms with Crippen LogP contribution < -0.4 is 26.0 Å². The van der Waals surface area contributed by atoms with Gasteiger partial charge in [-0.1, -0.05) is 48.5 Å². The number of aryl methyl sites for hydroxylation is 1. The molecule has 3 aromatic rings. The van der Waals surface area contributed by atoms with E-state index in [2.05, 4.69) is 21.3 Å². The van der Waals surface area contributed by atoms with E-state index in [1.54, 1.807) is 31.7 Å². The number of alkyl carbamates (subject to hydrolysis) is 1. The Hall–Kier alpha value is -5.11. The van der Waals surface area contributed by atoms with Crippen LogP contribution in [0.5, 0.6) is 5.75 Å². The topological polar surface area (TPSA) is 178 Å². The molecule has 1 aliphatic carbocycles. The quantitative estimate of drug-likeness (QED) is 0.0704. The van der Waals surface area contributed by atoms with Gasteiger partial charge in [0.15, 0.2) is 6.61 Å². The summed E-state index contributed by atoms with van der Waals surface area (Å²) in [6, 6.07) is 18.1. The fourth-order valence-electron chi connectivity index (χ4n) is 7.03. The van der Waals surface area contributed by atoms with Crippen LogP contribution >= 0.6 is 11.8 Å². The zero-order valence-electron chi connectivity index (χ0n) is 28.4. The molecule has 3 aliphatic rings. The number of hydrogen-bond donors (Lipinski definition) is 4. The second-order valence-electron chi connectivity index (χ2n) is 13.1. The second kappa shape index (κ2) is 15.8. The predicted octanol–water partition coefficient (Wildman–Crippen LogP) is 5.29. The van der Waals surface area contributed by atoms with Crippen LogP contribution in [0.1, 0.15) is 66.8 Å². The lowest BCUT2D eigenvalue weighted by molar-refractivity contribution is -0.385. The SMILES string of the molecule is Cc1cc(C(C)NC(=O)OCC2c3ccccc3-c3ccccc32)c([N+](=O)[O-])cc1OCC(=O)NCCCC(=O)CCC1SCC2NC(=O)NC21. The van der Waals surface area contributed by atoms with Crippen LogP contribution in [0.15, 0.2) is 60.7 Å². The Morgan fingerprint density at radius 2 is 1.75 bits per heavy atom. The van der Waals surface area contributed by atoms with Gasteiger partial charge in [0.2, 0.25) is 0 Å². The van der Waals surface area contributed by atoms with Crippen LogP contribution in [0.4, 0.5) is 15.3 Å². The Bertz CT molecular complexity index is 1790. The van der Waals surface area contributed by atoms with Crippen molar-refractivity contribution in [3.63, 3.8) is 0 Å². The Morgan fingerprint density at radius 3 is 2.45 bits per heavy atom. The number of urea groups is 1. The third-order valence-electron chi connectivity index (χ3n) is 9.62. The van der Waals surface area contributed by atoms with E-state index >= 15 is 0 Å². The summed E-state index contributed by atoms with van der Waals surface area (Å²) >= 11 is 1.76. The molecule has 3 aromatic carbocycles. The van der Waals surface area contributed by atoms with E-state index < -0.39 is 23.0 Å². The number of Topliss-reactive ketones (excluding diaryl/α,β-unsaturated/α-hetero) is 1. The van der Waals surface area contributed by atoms with Gasteiger partial charge in [-0.3, -0.25) is 19.7 Å². The molecule has 13 nitrogen and oxygen atoms in total. The van der Waals surface area contributed by atoms with Gasteiger partial charge in [-0.2, -0.15) is 11.8 Å². The Labute approximate surface area is 299 Å². The van der Waals surface area contributed by atoms with Gasteiger partial charge in [0.1, 0.15) is 18.1 Å². The Balaban J connectivity index is 0.944. The summed E-state index contributed by atoms with van der Waals surface area (Å²) in [5, 5.41) is 23.5. The number of carbonyl (C=O) groups excluding carboxylic acids is 4. The normalized spacial score (nSPS) is 19.2. The second-order valence-corrected chi connectivity index (χ2v) is 14.3. The summed E-state index contributed by atoms with van der Waals surface area (Å²) in [6.45, 7) is 3.37. The van der Waals surface area contributed by atoms with Crippen LogP contribution in [0.3, 0.4) is 0 Å². The number of ketones is 1. The third-order valence-corrected chi connectivity index (χ3v) is 11.1. The number of ether oxygens (including phenoxy) is 2. The van der Waals surface area contributed by atoms with Crippen LogP contribution in [-0.4, -0.2) is 71.6 Å². The van der Waals surface area contributed by atoms with Crippen molar-refractivity contribution in [2.75, 3.05) is 25.5 Å². The summed E-state index contributed by atoms with van der Waals surface area (Å²) in [7, 11) is 0. The van der Waals surface area contributed by atoms with Crippen molar-refractivity contribution in [2.45, 2.75) is 68.8 Å². The maximum absolute atomic E-state index is 12.9. The van der Waals surface area contributed by atoms with Gasteiger partial charge in [0, 0.05) is 36.3 Å². The van der Waals surface area contributed by atoms with Crippen LogP contribution in [-0.2, 0) is 14.3 Å². The summed E-state index contributed by atoms with van der Waals surface area (Å²) in [4.78, 5) is 60.8. The van der Waals surface area contributed by atoms with Crippen molar-refractivity contribution < 1.29 is 33.6 Å². The van der Waals surface area contributed by atoms with E-state index in [-0.39, 0.29) is 71.8 Å². The lowest BCUT2D eigenvalue weighted by Crippen LogP contribution is -2.37. The van der Waals surface area contributed by atoms with E-state index in [9.17, 15) is 29.3 Å². The number of amides is 4. The average Bonchev–Trinajstić information content (AvgIpc) is 3.77. The summed E-state index contributed by atoms with van der Waals surface area (Å²) in [6.07, 6.45) is 1.22. The molecule has 4 unspecified atom stereocenters. The van der Waals surface area contributed by atoms with Gasteiger partial charge in [0.25, 0.3) is 11.6 Å². The van der Waals surface area contributed by atoms with Crippen molar-refractivity contribution in [3.8, 4) is 16.9 Å². The van der Waals surface area contributed by atoms with Gasteiger partial charge < -0.3 is 30.7 Å². The van der Waals surface area contributed by atoms with Crippen LogP contribution in [0.25, 0.3) is 11.1 Å². The average molecular weight is 716 g/mol. The molecule has 51 heavy (non-hydrogen) atoms. The lowest BCUT2D eigenvalue weighted by Gasteiger charge is -2.18. The highest BCUT2D eigenvalue weighted by Gasteiger charge is 2.42. The number of thioether (sulfide) groups is 1. The largest absolute Gasteiger partial charge is 0.483 e. The van der Waals surface area contributed by atoms with E-state index in [4.69, 9.17) is 9.47 Å². The van der Waals surface area contributed by atoms with Gasteiger partial charge in [0.05, 0.1) is 34.7 Å². The smallest absolute Gasteiger partial charge is 0.407 e. The molecule has 2 fully saturated rings. The van der Waals surface area contributed by atoms with E-state index in [1.165, 1.54) is 6.07 Å². The monoisotopic (exact) mass is 715 g/mol. The Kier molecular flexibility index (Phi) is 11.1. The van der Waals surface area contributed by atoms with Crippen LogP contribution in [0, 0.1) is 17.0 Å². The van der Waals surface area contributed by atoms with Gasteiger partial charge >= 0.3 is 12.1 Å². The predicted molar refractivity (Wildman–Crippen MR) is 192 cm³/mol. The minimum absolute atomic E-state index is 0.0603. The number of benzene rings is 3. The zero-order valence-corrected chi connectivity index (χ0v) is 29.3. The number of fused-ring (bicyclic) bond motifs is 4. The molecule has 0 aromatic heterocycles. The number of nitrogens with one attached hydrogen (secondary N) is 4. The molecule has 14 heteroatoms. The zero-order chi connectivity index (χ0) is 36.1. The first-order valence-electron chi connectivity index (χ1n) is 17.1. The van der Waals surface area contributed by atoms with E-state index in [0.29, 0.717) is 31.2 Å². The van der Waals surface area contributed by atoms with Crippen molar-refractivity contribution in [1.29, 1.82) is 0 Å². The van der Waals surface area contributed by atoms with Crippen molar-refractivity contribution in [3.05, 3.63) is 93.0 Å². The number of rotatable bonds is 15. The first-order valence-corrected chi connectivity index (χ1v) is 18.1. The molecule has 4 amide bonds. The number of hydrogen-bond acceptors (Lipinski definition) is 9. The standard InChI is InChI=1S/C37H41N5O8S/c1-21-16-28(22(2)39-37(46)50-18-29-26-11-5-3-9-24(26)25-10-4-6-12-27(25)29)31(42(47)48)17-32(21)49-19-34(44)38-15-7-8-23(43)13-14-33-35-30(20-51-33)40-36(45)41-35/h3-6,9-12,16-17,22,29-30,33,35H,7-8,13-15,18-20H2,1-2H3,(H,38,44)(H,39,46)(H2,40,41,45). The lowest BCUT2D eigenvalue weighted by atomic mass is 9.98. The number of nitro groups is 1. The minimum Gasteiger partial charge on any atom is -0.483 e. The number of nitrogens with zero attached hydrogens (tertiary/aromatic N) is 1. The molecule has 268 valence electrons. The first kappa shape index (κ1) is 35.7. The molecule has 0 spiro atoms. The fraction of sp³-hybridized carbons (Fsp3) is 0.405. The fourth-order valence-corrected chi connectivity index (χ4v) is 8.53. The van der Waals surface area contributed by atoms with Crippen LogP contribution in [0.2, 0.25) is 0 Å². The molecule has 4 N–H and O–H groups in total.